The standard InChI is InChI=1S/C17H18F3N3O.HI/c1-21-17(23-11-12-3-2-4-13(18)9-12)22-7-8-24-14-5-6-15(19)16(20)10-14;/h2-6,9-10H,7-8,11H2,1H3,(H2,21,22,23);1H. The van der Waals surface area contributed by atoms with Crippen LogP contribution >= 0.6 is 24.0 Å². The molecule has 0 spiro atoms. The number of aliphatic imine (C=N–C) groups is 1. The van der Waals surface area contributed by atoms with Gasteiger partial charge in [-0.25, -0.2) is 13.2 Å². The first kappa shape index (κ1) is 21.1. The van der Waals surface area contributed by atoms with E-state index in [0.717, 1.165) is 17.7 Å². The predicted octanol–water partition coefficient (Wildman–Crippen LogP) is 3.47. The van der Waals surface area contributed by atoms with Crippen molar-refractivity contribution in [3.63, 3.8) is 0 Å². The van der Waals surface area contributed by atoms with E-state index in [1.807, 2.05) is 0 Å². The molecule has 4 nitrogen and oxygen atoms in total. The molecule has 2 aromatic carbocycles. The number of hydrogen-bond donors (Lipinski definition) is 2. The average Bonchev–Trinajstić information content (AvgIpc) is 2.57. The highest BCUT2D eigenvalue weighted by Gasteiger charge is 2.03. The Morgan fingerprint density at radius 3 is 2.52 bits per heavy atom. The minimum absolute atomic E-state index is 0. The molecule has 0 amide bonds. The fraction of sp³-hybridized carbons (Fsp3) is 0.235. The molecule has 0 aliphatic carbocycles. The van der Waals surface area contributed by atoms with Gasteiger partial charge in [0.1, 0.15) is 18.2 Å². The van der Waals surface area contributed by atoms with Crippen LogP contribution in [0.15, 0.2) is 47.5 Å². The molecule has 0 unspecified atom stereocenters. The lowest BCUT2D eigenvalue weighted by molar-refractivity contribution is 0.318. The second-order valence-electron chi connectivity index (χ2n) is 4.91. The van der Waals surface area contributed by atoms with Gasteiger partial charge in [-0.2, -0.15) is 0 Å². The molecule has 8 heteroatoms. The van der Waals surface area contributed by atoms with E-state index < -0.39 is 11.6 Å². The van der Waals surface area contributed by atoms with Crippen molar-refractivity contribution in [2.24, 2.45) is 4.99 Å². The smallest absolute Gasteiger partial charge is 0.191 e. The molecule has 2 N–H and O–H groups in total. The summed E-state index contributed by atoms with van der Waals surface area (Å²) in [5, 5.41) is 6.04. The van der Waals surface area contributed by atoms with Crippen molar-refractivity contribution in [1.29, 1.82) is 0 Å². The summed E-state index contributed by atoms with van der Waals surface area (Å²) in [5.74, 6) is -1.39. The Balaban J connectivity index is 0.00000312. The predicted molar refractivity (Wildman–Crippen MR) is 102 cm³/mol. The van der Waals surface area contributed by atoms with Gasteiger partial charge in [0.2, 0.25) is 0 Å². The quantitative estimate of drug-likeness (QED) is 0.298. The summed E-state index contributed by atoms with van der Waals surface area (Å²) >= 11 is 0. The molecule has 2 rings (SSSR count). The topological polar surface area (TPSA) is 45.7 Å². The molecule has 0 aliphatic rings. The molecule has 0 saturated heterocycles. The van der Waals surface area contributed by atoms with Gasteiger partial charge in [-0.3, -0.25) is 4.99 Å². The van der Waals surface area contributed by atoms with Crippen molar-refractivity contribution >= 4 is 29.9 Å². The van der Waals surface area contributed by atoms with Crippen LogP contribution in [0.2, 0.25) is 0 Å². The second-order valence-corrected chi connectivity index (χ2v) is 4.91. The Labute approximate surface area is 161 Å². The normalized spacial score (nSPS) is 10.8. The van der Waals surface area contributed by atoms with Crippen LogP contribution in [0.5, 0.6) is 5.75 Å². The monoisotopic (exact) mass is 465 g/mol. The number of benzene rings is 2. The van der Waals surface area contributed by atoms with Gasteiger partial charge in [0.15, 0.2) is 17.6 Å². The van der Waals surface area contributed by atoms with Crippen LogP contribution in [0.25, 0.3) is 0 Å². The summed E-state index contributed by atoms with van der Waals surface area (Å²) < 4.78 is 44.2. The van der Waals surface area contributed by atoms with Crippen molar-refractivity contribution in [3.05, 3.63) is 65.5 Å². The molecule has 0 aliphatic heterocycles. The Hall–Kier alpha value is -1.97. The second kappa shape index (κ2) is 10.8. The van der Waals surface area contributed by atoms with E-state index in [-0.39, 0.29) is 42.2 Å². The third-order valence-corrected chi connectivity index (χ3v) is 3.13. The maximum absolute atomic E-state index is 13.1. The number of nitrogens with zero attached hydrogens (tertiary/aromatic N) is 1. The first-order chi connectivity index (χ1) is 11.6. The van der Waals surface area contributed by atoms with E-state index in [4.69, 9.17) is 4.74 Å². The summed E-state index contributed by atoms with van der Waals surface area (Å²) in [6.07, 6.45) is 0. The highest BCUT2D eigenvalue weighted by molar-refractivity contribution is 14.0. The zero-order chi connectivity index (χ0) is 17.4. The van der Waals surface area contributed by atoms with Crippen LogP contribution in [-0.4, -0.2) is 26.2 Å². The lowest BCUT2D eigenvalue weighted by atomic mass is 10.2. The Morgan fingerprint density at radius 2 is 1.84 bits per heavy atom. The van der Waals surface area contributed by atoms with Gasteiger partial charge in [-0.1, -0.05) is 12.1 Å². The van der Waals surface area contributed by atoms with Gasteiger partial charge in [0.05, 0.1) is 6.54 Å². The summed E-state index contributed by atoms with van der Waals surface area (Å²) in [6, 6.07) is 9.62. The van der Waals surface area contributed by atoms with Crippen LogP contribution < -0.4 is 15.4 Å². The van der Waals surface area contributed by atoms with Crippen molar-refractivity contribution in [2.75, 3.05) is 20.2 Å². The lowest BCUT2D eigenvalue weighted by Crippen LogP contribution is -2.38. The van der Waals surface area contributed by atoms with Crippen LogP contribution in [-0.2, 0) is 6.54 Å². The highest BCUT2D eigenvalue weighted by atomic mass is 127. The van der Waals surface area contributed by atoms with Crippen molar-refractivity contribution < 1.29 is 17.9 Å². The summed E-state index contributed by atoms with van der Waals surface area (Å²) in [6.45, 7) is 1.06. The molecule has 0 radical (unpaired) electrons. The van der Waals surface area contributed by atoms with Gasteiger partial charge >= 0.3 is 0 Å². The molecule has 0 saturated carbocycles. The maximum Gasteiger partial charge on any atom is 0.191 e. The van der Waals surface area contributed by atoms with Crippen molar-refractivity contribution in [3.8, 4) is 5.75 Å². The minimum Gasteiger partial charge on any atom is -0.492 e. The SMILES string of the molecule is CN=C(NCCOc1ccc(F)c(F)c1)NCc1cccc(F)c1.I. The zero-order valence-corrected chi connectivity index (χ0v) is 15.9. The third kappa shape index (κ3) is 7.20. The van der Waals surface area contributed by atoms with E-state index in [9.17, 15) is 13.2 Å². The van der Waals surface area contributed by atoms with Gasteiger partial charge in [0, 0.05) is 19.7 Å². The van der Waals surface area contributed by atoms with Crippen LogP contribution in [0.3, 0.4) is 0 Å². The molecule has 0 bridgehead atoms. The number of ether oxygens (including phenoxy) is 1. The van der Waals surface area contributed by atoms with Crippen molar-refractivity contribution in [2.45, 2.75) is 6.54 Å². The van der Waals surface area contributed by atoms with E-state index in [2.05, 4.69) is 15.6 Å². The van der Waals surface area contributed by atoms with E-state index in [1.165, 1.54) is 18.2 Å². The molecule has 0 atom stereocenters. The fourth-order valence-electron chi connectivity index (χ4n) is 1.96. The molecule has 2 aromatic rings. The first-order valence-electron chi connectivity index (χ1n) is 7.35. The van der Waals surface area contributed by atoms with Gasteiger partial charge < -0.3 is 15.4 Å². The Kier molecular flexibility index (Phi) is 9.11. The number of rotatable bonds is 6. The Morgan fingerprint density at radius 1 is 1.04 bits per heavy atom. The molecule has 25 heavy (non-hydrogen) atoms. The third-order valence-electron chi connectivity index (χ3n) is 3.13. The van der Waals surface area contributed by atoms with E-state index in [0.29, 0.717) is 19.0 Å². The summed E-state index contributed by atoms with van der Waals surface area (Å²) in [7, 11) is 1.61. The van der Waals surface area contributed by atoms with E-state index >= 15 is 0 Å². The number of hydrogen-bond acceptors (Lipinski definition) is 2. The van der Waals surface area contributed by atoms with Crippen molar-refractivity contribution in [1.82, 2.24) is 10.6 Å². The van der Waals surface area contributed by atoms with E-state index in [1.54, 1.807) is 19.2 Å². The summed E-state index contributed by atoms with van der Waals surface area (Å²) in [4.78, 5) is 4.03. The maximum atomic E-state index is 13.1. The fourth-order valence-corrected chi connectivity index (χ4v) is 1.96. The average molecular weight is 465 g/mol. The first-order valence-corrected chi connectivity index (χ1v) is 7.35. The zero-order valence-electron chi connectivity index (χ0n) is 13.6. The molecular weight excluding hydrogens is 446 g/mol. The van der Waals surface area contributed by atoms with Gasteiger partial charge in [-0.15, -0.1) is 24.0 Å². The van der Waals surface area contributed by atoms with Gasteiger partial charge in [-0.05, 0) is 29.8 Å². The molecule has 0 fully saturated rings. The van der Waals surface area contributed by atoms with Crippen LogP contribution in [0.1, 0.15) is 5.56 Å². The highest BCUT2D eigenvalue weighted by Crippen LogP contribution is 2.14. The van der Waals surface area contributed by atoms with Gasteiger partial charge in [0.25, 0.3) is 0 Å². The molecule has 136 valence electrons. The van der Waals surface area contributed by atoms with Crippen LogP contribution in [0.4, 0.5) is 13.2 Å². The lowest BCUT2D eigenvalue weighted by Gasteiger charge is -2.12. The molecule has 0 heterocycles. The number of guanidine groups is 1. The largest absolute Gasteiger partial charge is 0.492 e. The number of halogens is 4. The molecular formula is C17H19F3IN3O. The Bertz CT molecular complexity index is 713. The molecule has 0 aromatic heterocycles. The minimum atomic E-state index is -0.951. The summed E-state index contributed by atoms with van der Waals surface area (Å²) in [5.41, 5.74) is 0.788. The van der Waals surface area contributed by atoms with Crippen LogP contribution in [0, 0.1) is 17.5 Å². The number of nitrogens with one attached hydrogen (secondary N) is 2.